The first-order valence-electron chi connectivity index (χ1n) is 9.56. The zero-order chi connectivity index (χ0) is 22.9. The third kappa shape index (κ3) is 4.28. The van der Waals surface area contributed by atoms with Crippen molar-refractivity contribution in [1.82, 2.24) is 10.1 Å². The molecule has 1 N–H and O–H groups in total. The first kappa shape index (κ1) is 21.7. The Morgan fingerprint density at radius 3 is 2.31 bits per heavy atom. The quantitative estimate of drug-likeness (QED) is 0.398. The molecule has 9 heteroatoms. The van der Waals surface area contributed by atoms with Crippen molar-refractivity contribution >= 4 is 33.1 Å². The maximum atomic E-state index is 13.0. The summed E-state index contributed by atoms with van der Waals surface area (Å²) in [6.07, 6.45) is 2.98. The summed E-state index contributed by atoms with van der Waals surface area (Å²) in [6, 6.07) is 13.9. The molecule has 0 atom stereocenters. The standard InChI is InChI=1S/C23H18ClN3O4S/c1-14-22(15(2)31-26-14)16-3-6-19(7-4-16)32(29,30)27-21-8-5-18(24)13-20(21)23(28)17-9-11-25-12-10-17/h3-13,27H,1-2H3. The van der Waals surface area contributed by atoms with E-state index in [4.69, 9.17) is 16.1 Å². The van der Waals surface area contributed by atoms with Gasteiger partial charge < -0.3 is 4.52 Å². The molecule has 0 unspecified atom stereocenters. The largest absolute Gasteiger partial charge is 0.361 e. The van der Waals surface area contributed by atoms with Crippen molar-refractivity contribution in [3.8, 4) is 11.1 Å². The molecule has 4 aromatic rings. The zero-order valence-electron chi connectivity index (χ0n) is 17.2. The molecule has 0 aliphatic carbocycles. The van der Waals surface area contributed by atoms with Gasteiger partial charge in [0, 0.05) is 34.1 Å². The van der Waals surface area contributed by atoms with E-state index in [0.29, 0.717) is 16.3 Å². The van der Waals surface area contributed by atoms with Gasteiger partial charge in [-0.2, -0.15) is 0 Å². The minimum absolute atomic E-state index is 0.0465. The van der Waals surface area contributed by atoms with E-state index in [1.807, 2.05) is 6.92 Å². The Balaban J connectivity index is 1.66. The van der Waals surface area contributed by atoms with Gasteiger partial charge in [-0.05, 0) is 61.9 Å². The van der Waals surface area contributed by atoms with Crippen LogP contribution in [0.4, 0.5) is 5.69 Å². The molecule has 0 radical (unpaired) electrons. The number of pyridine rings is 1. The number of ketones is 1. The maximum absolute atomic E-state index is 13.0. The van der Waals surface area contributed by atoms with E-state index in [9.17, 15) is 13.2 Å². The molecule has 0 aliphatic heterocycles. The number of halogens is 1. The van der Waals surface area contributed by atoms with Crippen LogP contribution in [0.1, 0.15) is 27.4 Å². The summed E-state index contributed by atoms with van der Waals surface area (Å²) in [5.41, 5.74) is 2.97. The molecule has 0 amide bonds. The number of sulfonamides is 1. The van der Waals surface area contributed by atoms with Crippen LogP contribution >= 0.6 is 11.6 Å². The molecule has 4 rings (SSSR count). The van der Waals surface area contributed by atoms with Gasteiger partial charge >= 0.3 is 0 Å². The van der Waals surface area contributed by atoms with Gasteiger partial charge in [0.25, 0.3) is 10.0 Å². The smallest absolute Gasteiger partial charge is 0.261 e. The summed E-state index contributed by atoms with van der Waals surface area (Å²) in [5.74, 6) is 0.276. The van der Waals surface area contributed by atoms with Gasteiger partial charge in [0.15, 0.2) is 5.78 Å². The van der Waals surface area contributed by atoms with Crippen molar-refractivity contribution in [2.75, 3.05) is 4.72 Å². The van der Waals surface area contributed by atoms with Crippen LogP contribution in [0.5, 0.6) is 0 Å². The lowest BCUT2D eigenvalue weighted by molar-refractivity contribution is 0.103. The summed E-state index contributed by atoms with van der Waals surface area (Å²) in [4.78, 5) is 16.9. The molecule has 2 heterocycles. The number of aromatic nitrogens is 2. The molecule has 2 aromatic carbocycles. The number of hydrogen-bond acceptors (Lipinski definition) is 6. The molecule has 0 saturated carbocycles. The summed E-state index contributed by atoms with van der Waals surface area (Å²) in [6.45, 7) is 3.61. The van der Waals surface area contributed by atoms with Gasteiger partial charge in [0.1, 0.15) is 5.76 Å². The van der Waals surface area contributed by atoms with Crippen molar-refractivity contribution < 1.29 is 17.7 Å². The Bertz CT molecular complexity index is 1380. The topological polar surface area (TPSA) is 102 Å². The van der Waals surface area contributed by atoms with Crippen LogP contribution in [0.2, 0.25) is 5.02 Å². The highest BCUT2D eigenvalue weighted by atomic mass is 35.5. The number of nitrogens with one attached hydrogen (secondary N) is 1. The fraction of sp³-hybridized carbons (Fsp3) is 0.0870. The summed E-state index contributed by atoms with van der Waals surface area (Å²) in [5, 5.41) is 4.24. The lowest BCUT2D eigenvalue weighted by Crippen LogP contribution is -2.16. The van der Waals surface area contributed by atoms with Crippen molar-refractivity contribution in [2.24, 2.45) is 0 Å². The van der Waals surface area contributed by atoms with E-state index in [0.717, 1.165) is 16.8 Å². The first-order valence-corrected chi connectivity index (χ1v) is 11.4. The highest BCUT2D eigenvalue weighted by Gasteiger charge is 2.21. The second-order valence-electron chi connectivity index (χ2n) is 7.08. The van der Waals surface area contributed by atoms with E-state index in [1.165, 1.54) is 42.7 Å². The van der Waals surface area contributed by atoms with Crippen LogP contribution in [0.3, 0.4) is 0 Å². The molecule has 0 fully saturated rings. The fourth-order valence-corrected chi connectivity index (χ4v) is 4.60. The molecule has 0 bridgehead atoms. The first-order chi connectivity index (χ1) is 15.3. The third-order valence-electron chi connectivity index (χ3n) is 4.90. The Hall–Kier alpha value is -3.49. The van der Waals surface area contributed by atoms with Crippen molar-refractivity contribution in [3.63, 3.8) is 0 Å². The highest BCUT2D eigenvalue weighted by Crippen LogP contribution is 2.29. The van der Waals surface area contributed by atoms with E-state index < -0.39 is 10.0 Å². The predicted molar refractivity (Wildman–Crippen MR) is 121 cm³/mol. The fourth-order valence-electron chi connectivity index (χ4n) is 3.35. The zero-order valence-corrected chi connectivity index (χ0v) is 18.7. The van der Waals surface area contributed by atoms with Gasteiger partial charge in [-0.25, -0.2) is 8.42 Å². The van der Waals surface area contributed by atoms with Gasteiger partial charge in [0.05, 0.1) is 16.3 Å². The third-order valence-corrected chi connectivity index (χ3v) is 6.52. The van der Waals surface area contributed by atoms with Crippen LogP contribution in [0.25, 0.3) is 11.1 Å². The number of aryl methyl sites for hydroxylation is 2. The SMILES string of the molecule is Cc1noc(C)c1-c1ccc(S(=O)(=O)Nc2ccc(Cl)cc2C(=O)c2ccncc2)cc1. The maximum Gasteiger partial charge on any atom is 0.261 e. The summed E-state index contributed by atoms with van der Waals surface area (Å²) in [7, 11) is -3.97. The number of rotatable bonds is 6. The molecule has 32 heavy (non-hydrogen) atoms. The Morgan fingerprint density at radius 1 is 1.00 bits per heavy atom. The lowest BCUT2D eigenvalue weighted by atomic mass is 10.0. The molecular weight excluding hydrogens is 450 g/mol. The monoisotopic (exact) mass is 467 g/mol. The Labute approximate surface area is 190 Å². The van der Waals surface area contributed by atoms with Gasteiger partial charge in [-0.3, -0.25) is 14.5 Å². The Kier molecular flexibility index (Phi) is 5.82. The van der Waals surface area contributed by atoms with Crippen LogP contribution in [-0.4, -0.2) is 24.3 Å². The average Bonchev–Trinajstić information content (AvgIpc) is 3.13. The number of carbonyl (C=O) groups is 1. The molecule has 162 valence electrons. The van der Waals surface area contributed by atoms with Crippen molar-refractivity contribution in [2.45, 2.75) is 18.7 Å². The molecular formula is C23H18ClN3O4S. The van der Waals surface area contributed by atoms with Crippen molar-refractivity contribution in [1.29, 1.82) is 0 Å². The van der Waals surface area contributed by atoms with Gasteiger partial charge in [-0.15, -0.1) is 0 Å². The average molecular weight is 468 g/mol. The molecule has 0 spiro atoms. The lowest BCUT2D eigenvalue weighted by Gasteiger charge is -2.13. The van der Waals surface area contributed by atoms with Crippen LogP contribution in [-0.2, 0) is 10.0 Å². The molecule has 2 aromatic heterocycles. The number of benzene rings is 2. The molecule has 7 nitrogen and oxygen atoms in total. The van der Waals surface area contributed by atoms with E-state index in [-0.39, 0.29) is 21.9 Å². The minimum atomic E-state index is -3.97. The summed E-state index contributed by atoms with van der Waals surface area (Å²) >= 11 is 6.07. The highest BCUT2D eigenvalue weighted by molar-refractivity contribution is 7.92. The van der Waals surface area contributed by atoms with Crippen LogP contribution in [0.15, 0.2) is 76.4 Å². The van der Waals surface area contributed by atoms with Crippen LogP contribution < -0.4 is 4.72 Å². The van der Waals surface area contributed by atoms with Crippen LogP contribution in [0, 0.1) is 13.8 Å². The number of carbonyl (C=O) groups excluding carboxylic acids is 1. The van der Waals surface area contributed by atoms with Crippen molar-refractivity contribution in [3.05, 3.63) is 94.6 Å². The van der Waals surface area contributed by atoms with Gasteiger partial charge in [0.2, 0.25) is 0 Å². The van der Waals surface area contributed by atoms with E-state index in [2.05, 4.69) is 14.9 Å². The number of nitrogens with zero attached hydrogens (tertiary/aromatic N) is 2. The second-order valence-corrected chi connectivity index (χ2v) is 9.20. The van der Waals surface area contributed by atoms with E-state index >= 15 is 0 Å². The van der Waals surface area contributed by atoms with Gasteiger partial charge in [-0.1, -0.05) is 28.9 Å². The minimum Gasteiger partial charge on any atom is -0.361 e. The predicted octanol–water partition coefficient (Wildman–Crippen LogP) is 5.04. The summed E-state index contributed by atoms with van der Waals surface area (Å²) < 4.78 is 33.8. The normalized spacial score (nSPS) is 11.3. The number of hydrogen-bond donors (Lipinski definition) is 1. The second kappa shape index (κ2) is 8.57. The Morgan fingerprint density at radius 2 is 1.69 bits per heavy atom. The van der Waals surface area contributed by atoms with E-state index in [1.54, 1.807) is 31.2 Å². The number of anilines is 1. The molecule has 0 saturated heterocycles. The molecule has 0 aliphatic rings.